The average molecular weight is 402 g/mol. The molecule has 0 bridgehead atoms. The van der Waals surface area contributed by atoms with Crippen LogP contribution in [0.15, 0.2) is 58.2 Å². The molecule has 8 nitrogen and oxygen atoms in total. The third-order valence-corrected chi connectivity index (χ3v) is 4.67. The van der Waals surface area contributed by atoms with Crippen LogP contribution in [0.5, 0.6) is 0 Å². The highest BCUT2D eigenvalue weighted by Gasteiger charge is 2.19. The van der Waals surface area contributed by atoms with Crippen LogP contribution in [-0.4, -0.2) is 26.3 Å². The second kappa shape index (κ2) is 8.61. The van der Waals surface area contributed by atoms with E-state index in [0.29, 0.717) is 5.56 Å². The van der Waals surface area contributed by atoms with E-state index in [2.05, 4.69) is 15.5 Å². The van der Waals surface area contributed by atoms with E-state index in [4.69, 9.17) is 4.42 Å². The Balaban J connectivity index is 1.59. The number of amides is 1. The largest absolute Gasteiger partial charge is 0.411 e. The van der Waals surface area contributed by atoms with E-state index in [1.54, 1.807) is 25.1 Å². The fourth-order valence-electron chi connectivity index (χ4n) is 2.27. The van der Waals surface area contributed by atoms with Crippen molar-refractivity contribution in [2.45, 2.75) is 23.9 Å². The number of nitro groups is 1. The predicted octanol–water partition coefficient (Wildman–Crippen LogP) is 3.58. The van der Waals surface area contributed by atoms with Crippen molar-refractivity contribution in [3.8, 4) is 11.5 Å². The van der Waals surface area contributed by atoms with Gasteiger partial charge in [0.2, 0.25) is 11.8 Å². The minimum Gasteiger partial charge on any atom is -0.411 e. The highest BCUT2D eigenvalue weighted by molar-refractivity contribution is 8.00. The van der Waals surface area contributed by atoms with Gasteiger partial charge >= 0.3 is 0 Å². The summed E-state index contributed by atoms with van der Waals surface area (Å²) in [5.41, 5.74) is 1.11. The standard InChI is InChI=1S/C18H15FN4O4S/c1-11(16(24)20-10-12-5-7-14(19)8-6-12)28-18-22-21-17(27-18)13-3-2-4-15(9-13)23(25)26/h2-9,11H,10H2,1H3,(H,20,24)/t11-/m1/s1. The first-order valence-corrected chi connectivity index (χ1v) is 9.07. The Morgan fingerprint density at radius 2 is 2.04 bits per heavy atom. The summed E-state index contributed by atoms with van der Waals surface area (Å²) in [6.07, 6.45) is 0. The maximum absolute atomic E-state index is 12.9. The van der Waals surface area contributed by atoms with E-state index < -0.39 is 10.2 Å². The molecule has 2 aromatic carbocycles. The summed E-state index contributed by atoms with van der Waals surface area (Å²) in [5.74, 6) is -0.454. The van der Waals surface area contributed by atoms with Crippen LogP contribution in [-0.2, 0) is 11.3 Å². The third-order valence-electron chi connectivity index (χ3n) is 3.74. The number of non-ortho nitro benzene ring substituents is 1. The number of aromatic nitrogens is 2. The second-order valence-electron chi connectivity index (χ2n) is 5.78. The van der Waals surface area contributed by atoms with Crippen molar-refractivity contribution in [2.75, 3.05) is 0 Å². The monoisotopic (exact) mass is 402 g/mol. The molecular weight excluding hydrogens is 387 g/mol. The molecule has 0 aliphatic heterocycles. The van der Waals surface area contributed by atoms with Crippen LogP contribution in [0, 0.1) is 15.9 Å². The van der Waals surface area contributed by atoms with Crippen molar-refractivity contribution < 1.29 is 18.5 Å². The zero-order valence-corrected chi connectivity index (χ0v) is 15.5. The highest BCUT2D eigenvalue weighted by Crippen LogP contribution is 2.27. The average Bonchev–Trinajstić information content (AvgIpc) is 3.16. The second-order valence-corrected chi connectivity index (χ2v) is 7.08. The summed E-state index contributed by atoms with van der Waals surface area (Å²) in [6.45, 7) is 1.95. The zero-order chi connectivity index (χ0) is 20.1. The number of nitrogens with one attached hydrogen (secondary N) is 1. The third kappa shape index (κ3) is 4.92. The van der Waals surface area contributed by atoms with Gasteiger partial charge in [-0.1, -0.05) is 30.0 Å². The number of hydrogen-bond acceptors (Lipinski definition) is 7. The number of hydrogen-bond donors (Lipinski definition) is 1. The first kappa shape index (κ1) is 19.5. The van der Waals surface area contributed by atoms with Crippen molar-refractivity contribution in [3.63, 3.8) is 0 Å². The lowest BCUT2D eigenvalue weighted by Gasteiger charge is -2.09. The first-order valence-electron chi connectivity index (χ1n) is 8.19. The maximum Gasteiger partial charge on any atom is 0.277 e. The van der Waals surface area contributed by atoms with Gasteiger partial charge in [0, 0.05) is 24.2 Å². The molecule has 144 valence electrons. The zero-order valence-electron chi connectivity index (χ0n) is 14.7. The summed E-state index contributed by atoms with van der Waals surface area (Å²) >= 11 is 1.07. The summed E-state index contributed by atoms with van der Waals surface area (Å²) < 4.78 is 18.4. The van der Waals surface area contributed by atoms with Crippen molar-refractivity contribution in [2.24, 2.45) is 0 Å². The fourth-order valence-corrected chi connectivity index (χ4v) is 2.97. The molecule has 3 rings (SSSR count). The van der Waals surface area contributed by atoms with Crippen LogP contribution in [0.1, 0.15) is 12.5 Å². The highest BCUT2D eigenvalue weighted by atomic mass is 32.2. The van der Waals surface area contributed by atoms with Gasteiger partial charge in [-0.25, -0.2) is 4.39 Å². The molecule has 0 unspecified atom stereocenters. The topological polar surface area (TPSA) is 111 Å². The molecule has 1 heterocycles. The van der Waals surface area contributed by atoms with Gasteiger partial charge in [-0.3, -0.25) is 14.9 Å². The van der Waals surface area contributed by atoms with Crippen LogP contribution >= 0.6 is 11.8 Å². The lowest BCUT2D eigenvalue weighted by Crippen LogP contribution is -2.30. The van der Waals surface area contributed by atoms with Gasteiger partial charge in [-0.2, -0.15) is 0 Å². The predicted molar refractivity (Wildman–Crippen MR) is 100.0 cm³/mol. The van der Waals surface area contributed by atoms with E-state index in [-0.39, 0.29) is 35.1 Å². The Labute approximate surface area is 163 Å². The summed E-state index contributed by atoms with van der Waals surface area (Å²) in [4.78, 5) is 22.6. The molecule has 1 N–H and O–H groups in total. The van der Waals surface area contributed by atoms with Crippen molar-refractivity contribution in [3.05, 3.63) is 70.0 Å². The van der Waals surface area contributed by atoms with E-state index >= 15 is 0 Å². The Hall–Kier alpha value is -3.27. The molecular formula is C18H15FN4O4S. The molecule has 1 amide bonds. The molecule has 1 aromatic heterocycles. The molecule has 0 saturated heterocycles. The van der Waals surface area contributed by atoms with Crippen LogP contribution in [0.4, 0.5) is 10.1 Å². The van der Waals surface area contributed by atoms with Crippen molar-refractivity contribution >= 4 is 23.4 Å². The molecule has 10 heteroatoms. The fraction of sp³-hybridized carbons (Fsp3) is 0.167. The van der Waals surface area contributed by atoms with Gasteiger partial charge in [-0.15, -0.1) is 10.2 Å². The number of nitrogens with zero attached hydrogens (tertiary/aromatic N) is 3. The lowest BCUT2D eigenvalue weighted by atomic mass is 10.2. The number of benzene rings is 2. The molecule has 0 aliphatic rings. The van der Waals surface area contributed by atoms with Crippen molar-refractivity contribution in [1.29, 1.82) is 0 Å². The Morgan fingerprint density at radius 1 is 1.29 bits per heavy atom. The number of thioether (sulfide) groups is 1. The minimum absolute atomic E-state index is 0.0848. The quantitative estimate of drug-likeness (QED) is 0.365. The van der Waals surface area contributed by atoms with E-state index in [1.165, 1.54) is 30.3 Å². The van der Waals surface area contributed by atoms with Gasteiger partial charge in [0.1, 0.15) is 5.82 Å². The first-order chi connectivity index (χ1) is 13.4. The Bertz CT molecular complexity index is 993. The maximum atomic E-state index is 12.9. The molecule has 0 spiro atoms. The molecule has 0 radical (unpaired) electrons. The van der Waals surface area contributed by atoms with Gasteiger partial charge < -0.3 is 9.73 Å². The smallest absolute Gasteiger partial charge is 0.277 e. The number of rotatable bonds is 7. The number of carbonyl (C=O) groups is 1. The van der Waals surface area contributed by atoms with Crippen molar-refractivity contribution in [1.82, 2.24) is 15.5 Å². The Morgan fingerprint density at radius 3 is 2.75 bits per heavy atom. The van der Waals surface area contributed by atoms with Gasteiger partial charge in [0.05, 0.1) is 10.2 Å². The van der Waals surface area contributed by atoms with Crippen LogP contribution < -0.4 is 5.32 Å². The van der Waals surface area contributed by atoms with Gasteiger partial charge in [0.25, 0.3) is 10.9 Å². The lowest BCUT2D eigenvalue weighted by molar-refractivity contribution is -0.384. The van der Waals surface area contributed by atoms with E-state index in [0.717, 1.165) is 17.3 Å². The molecule has 0 fully saturated rings. The SMILES string of the molecule is C[C@@H](Sc1nnc(-c2cccc([N+](=O)[O-])c2)o1)C(=O)NCc1ccc(F)cc1. The summed E-state index contributed by atoms with van der Waals surface area (Å²) in [6, 6.07) is 11.7. The van der Waals surface area contributed by atoms with E-state index in [9.17, 15) is 19.3 Å². The van der Waals surface area contributed by atoms with Gasteiger partial charge in [-0.05, 0) is 30.7 Å². The van der Waals surface area contributed by atoms with Crippen LogP contribution in [0.3, 0.4) is 0 Å². The van der Waals surface area contributed by atoms with E-state index in [1.807, 2.05) is 0 Å². The molecule has 1 atom stereocenters. The normalized spacial score (nSPS) is 11.8. The van der Waals surface area contributed by atoms with Crippen LogP contribution in [0.2, 0.25) is 0 Å². The number of halogens is 1. The van der Waals surface area contributed by atoms with Gasteiger partial charge in [0.15, 0.2) is 0 Å². The molecule has 0 saturated carbocycles. The Kier molecular flexibility index (Phi) is 5.99. The summed E-state index contributed by atoms with van der Waals surface area (Å²) in [5, 5.41) is 21.0. The van der Waals surface area contributed by atoms with Crippen LogP contribution in [0.25, 0.3) is 11.5 Å². The minimum atomic E-state index is -0.515. The summed E-state index contributed by atoms with van der Waals surface area (Å²) in [7, 11) is 0. The number of carbonyl (C=O) groups excluding carboxylic acids is 1. The molecule has 0 aliphatic carbocycles. The number of nitro benzene ring substituents is 1. The molecule has 3 aromatic rings. The molecule has 28 heavy (non-hydrogen) atoms.